The van der Waals surface area contributed by atoms with Crippen molar-refractivity contribution in [2.24, 2.45) is 5.92 Å². The first-order valence-corrected chi connectivity index (χ1v) is 7.89. The summed E-state index contributed by atoms with van der Waals surface area (Å²) >= 11 is 0. The molecule has 0 aliphatic heterocycles. The molecule has 6 nitrogen and oxygen atoms in total. The van der Waals surface area contributed by atoms with Crippen LogP contribution in [0.5, 0.6) is 0 Å². The van der Waals surface area contributed by atoms with Gasteiger partial charge in [-0.3, -0.25) is 20.1 Å². The second kappa shape index (κ2) is 7.23. The number of anilines is 1. The van der Waals surface area contributed by atoms with E-state index in [1.165, 1.54) is 7.11 Å². The molecular weight excluding hydrogens is 561 g/mol. The quantitative estimate of drug-likeness (QED) is 0.347. The molecule has 1 aromatic carbocycles. The molecule has 0 atom stereocenters. The van der Waals surface area contributed by atoms with Crippen molar-refractivity contribution in [2.45, 2.75) is 20.4 Å². The van der Waals surface area contributed by atoms with Crippen LogP contribution in [0.25, 0.3) is 11.0 Å². The number of H-pyrrole nitrogens is 1. The summed E-state index contributed by atoms with van der Waals surface area (Å²) < 4.78 is 1.59. The van der Waals surface area contributed by atoms with Crippen molar-refractivity contribution >= 4 is 16.7 Å². The number of fused-ring (bicyclic) bond motifs is 1. The van der Waals surface area contributed by atoms with Gasteiger partial charge >= 0.3 is 0 Å². The molecule has 0 bridgehead atoms. The van der Waals surface area contributed by atoms with E-state index < -0.39 is 0 Å². The van der Waals surface area contributed by atoms with Crippen LogP contribution in [0, 0.1) is 12.3 Å². The van der Waals surface area contributed by atoms with E-state index in [4.69, 9.17) is 4.84 Å². The molecule has 0 saturated heterocycles. The number of para-hydroxylation sites is 1. The van der Waals surface area contributed by atoms with Crippen LogP contribution in [0.4, 0.5) is 5.69 Å². The van der Waals surface area contributed by atoms with Gasteiger partial charge in [-0.05, 0) is 17.6 Å². The van der Waals surface area contributed by atoms with Crippen molar-refractivity contribution in [3.05, 3.63) is 64.7 Å². The summed E-state index contributed by atoms with van der Waals surface area (Å²) in [5.74, 6) is 1.18. The van der Waals surface area contributed by atoms with Crippen molar-refractivity contribution in [1.82, 2.24) is 14.5 Å². The minimum Gasteiger partial charge on any atom is -0.352 e. The first-order chi connectivity index (χ1) is 11.6. The third-order valence-corrected chi connectivity index (χ3v) is 3.66. The maximum absolute atomic E-state index is 12.4. The SMILES string of the molecule is CONc1cccn(Cc2nc3c([CH-]C(C)C)cccc3[nH]2)c1=O.[Fm]. The Morgan fingerprint density at radius 2 is 2.12 bits per heavy atom. The molecule has 3 rings (SSSR count). The van der Waals surface area contributed by atoms with Gasteiger partial charge in [0.25, 0.3) is 5.56 Å². The second-order valence-corrected chi connectivity index (χ2v) is 6.00. The number of aromatic nitrogens is 3. The molecule has 0 spiro atoms. The Kier molecular flexibility index (Phi) is 5.09. The van der Waals surface area contributed by atoms with Crippen LogP contribution in [0.15, 0.2) is 41.3 Å². The molecular formula is C18H21FmN4O2-. The van der Waals surface area contributed by atoms with Crippen molar-refractivity contribution in [3.63, 3.8) is 0 Å². The average molecular weight is 582 g/mol. The van der Waals surface area contributed by atoms with Gasteiger partial charge in [0.15, 0.2) is 0 Å². The average Bonchev–Trinajstić information content (AvgIpc) is 2.95. The summed E-state index contributed by atoms with van der Waals surface area (Å²) in [6.45, 7) is 4.65. The summed E-state index contributed by atoms with van der Waals surface area (Å²) in [5.41, 5.74) is 5.83. The van der Waals surface area contributed by atoms with E-state index in [2.05, 4.69) is 41.8 Å². The molecule has 25 heavy (non-hydrogen) atoms. The minimum atomic E-state index is -0.159. The zero-order chi connectivity index (χ0) is 17.1. The normalized spacial score (nSPS) is 10.7. The van der Waals surface area contributed by atoms with Crippen LogP contribution in [0.3, 0.4) is 0 Å². The molecule has 138 valence electrons. The zero-order valence-electron chi connectivity index (χ0n) is 14.3. The number of imidazole rings is 1. The van der Waals surface area contributed by atoms with Gasteiger partial charge in [-0.15, -0.1) is 6.07 Å². The summed E-state index contributed by atoms with van der Waals surface area (Å²) in [7, 11) is 1.47. The smallest absolute Gasteiger partial charge is 0.276 e. The van der Waals surface area contributed by atoms with Gasteiger partial charge < -0.3 is 9.55 Å². The Morgan fingerprint density at radius 1 is 1.32 bits per heavy atom. The molecule has 2 N–H and O–H groups in total. The van der Waals surface area contributed by atoms with Gasteiger partial charge in [0.2, 0.25) is 0 Å². The molecule has 0 fully saturated rings. The first kappa shape index (κ1) is 17.6. The second-order valence-electron chi connectivity index (χ2n) is 6.00. The third kappa shape index (κ3) is 3.61. The fraction of sp³-hybridized carbons (Fsp3) is 0.278. The standard InChI is InChI=1S/C18H21N4O2.Fm/c1-12(2)10-13-6-4-7-14-17(13)20-16(19-14)11-22-9-5-8-15(18(22)23)21-24-3;/h4-10,12,21H,11H2,1-3H3,(H,19,20);/q-1;. The van der Waals surface area contributed by atoms with Crippen LogP contribution in [-0.2, 0) is 11.4 Å². The predicted octanol–water partition coefficient (Wildman–Crippen LogP) is 2.95. The Morgan fingerprint density at radius 3 is 2.84 bits per heavy atom. The number of pyridine rings is 1. The number of nitrogens with one attached hydrogen (secondary N) is 2. The number of hydrogen-bond donors (Lipinski definition) is 2. The van der Waals surface area contributed by atoms with Crippen molar-refractivity contribution in [1.29, 1.82) is 0 Å². The largest absolute Gasteiger partial charge is 0.352 e. The fourth-order valence-electron chi connectivity index (χ4n) is 2.68. The molecule has 0 unspecified atom stereocenters. The van der Waals surface area contributed by atoms with Crippen molar-refractivity contribution in [2.75, 3.05) is 12.6 Å². The monoisotopic (exact) mass is 582 g/mol. The predicted molar refractivity (Wildman–Crippen MR) is 94.8 cm³/mol. The van der Waals surface area contributed by atoms with E-state index in [1.54, 1.807) is 22.9 Å². The van der Waals surface area contributed by atoms with Gasteiger partial charge in [0, 0.05) is 11.7 Å². The van der Waals surface area contributed by atoms with Gasteiger partial charge in [0.1, 0.15) is 11.5 Å². The van der Waals surface area contributed by atoms with E-state index in [-0.39, 0.29) is 5.56 Å². The third-order valence-electron chi connectivity index (χ3n) is 3.66. The summed E-state index contributed by atoms with van der Waals surface area (Å²) in [6.07, 6.45) is 3.92. The first-order valence-electron chi connectivity index (χ1n) is 7.89. The Hall–Kier alpha value is -3.73. The molecule has 2 aromatic heterocycles. The maximum Gasteiger partial charge on any atom is 0.276 e. The van der Waals surface area contributed by atoms with E-state index in [0.29, 0.717) is 18.2 Å². The Labute approximate surface area is 140 Å². The van der Waals surface area contributed by atoms with E-state index in [0.717, 1.165) is 22.4 Å². The molecule has 0 radical (unpaired) electrons. The Balaban J connectivity index is 0.00000225. The number of aromatic amines is 1. The number of nitrogens with zero attached hydrogens (tertiary/aromatic N) is 2. The van der Waals surface area contributed by atoms with Crippen molar-refractivity contribution < 1.29 is 4.84 Å². The number of rotatable bonds is 6. The number of benzene rings is 1. The van der Waals surface area contributed by atoms with Crippen LogP contribution >= 0.6 is 0 Å². The van der Waals surface area contributed by atoms with Crippen LogP contribution < -0.4 is 11.0 Å². The molecule has 0 amide bonds. The summed E-state index contributed by atoms with van der Waals surface area (Å²) in [4.78, 5) is 25.2. The van der Waals surface area contributed by atoms with Crippen molar-refractivity contribution in [3.8, 4) is 0 Å². The van der Waals surface area contributed by atoms with E-state index in [9.17, 15) is 4.79 Å². The zero-order valence-corrected chi connectivity index (χ0v) is 16.7. The number of hydrogen-bond acceptors (Lipinski definition) is 4. The van der Waals surface area contributed by atoms with Gasteiger partial charge in [-0.1, -0.05) is 25.8 Å². The van der Waals surface area contributed by atoms with E-state index >= 15 is 0 Å². The summed E-state index contributed by atoms with van der Waals surface area (Å²) in [5, 5.41) is 0. The molecule has 2 heterocycles. The van der Waals surface area contributed by atoms with Crippen LogP contribution in [-0.4, -0.2) is 21.6 Å². The van der Waals surface area contributed by atoms with Gasteiger partial charge in [-0.25, -0.2) is 0 Å². The molecule has 7 heteroatoms. The van der Waals surface area contributed by atoms with E-state index in [1.807, 2.05) is 12.1 Å². The van der Waals surface area contributed by atoms with Crippen LogP contribution in [0.1, 0.15) is 25.2 Å². The van der Waals surface area contributed by atoms with Gasteiger partial charge in [0.05, 0.1) is 13.7 Å². The minimum absolute atomic E-state index is 0. The van der Waals surface area contributed by atoms with Crippen LogP contribution in [0.2, 0.25) is 0 Å². The maximum atomic E-state index is 12.4. The van der Waals surface area contributed by atoms with Gasteiger partial charge in [-0.2, -0.15) is 18.1 Å². The Bertz CT molecular complexity index is 901. The molecule has 3 aromatic rings. The fourth-order valence-corrected chi connectivity index (χ4v) is 2.68. The molecule has 0 aliphatic carbocycles. The molecule has 0 aliphatic rings. The molecule has 0 saturated carbocycles. The topological polar surface area (TPSA) is 71.9 Å². The summed E-state index contributed by atoms with van der Waals surface area (Å²) in [6, 6.07) is 9.53.